The third-order valence-electron chi connectivity index (χ3n) is 3.67. The van der Waals surface area contributed by atoms with E-state index in [4.69, 9.17) is 0 Å². The largest absolute Gasteiger partial charge is 0.417 e. The first-order valence-corrected chi connectivity index (χ1v) is 8.21. The van der Waals surface area contributed by atoms with Crippen LogP contribution < -0.4 is 4.80 Å². The van der Waals surface area contributed by atoms with Crippen LogP contribution in [0.3, 0.4) is 0 Å². The Morgan fingerprint density at radius 2 is 2.00 bits per heavy atom. The van der Waals surface area contributed by atoms with Crippen LogP contribution in [0.15, 0.2) is 29.6 Å². The lowest BCUT2D eigenvalue weighted by molar-refractivity contribution is -0.137. The maximum Gasteiger partial charge on any atom is 0.417 e. The molecule has 0 bridgehead atoms. The molecule has 1 saturated heterocycles. The number of rotatable bonds is 1. The first-order valence-electron chi connectivity index (χ1n) is 7.40. The molecule has 0 N–H and O–H groups in total. The molecule has 0 radical (unpaired) electrons. The highest BCUT2D eigenvalue weighted by atomic mass is 32.1. The maximum absolute atomic E-state index is 12.9. The number of hydrogen-bond acceptors (Lipinski definition) is 3. The molecule has 9 heteroatoms. The van der Waals surface area contributed by atoms with Crippen molar-refractivity contribution in [1.82, 2.24) is 14.5 Å². The fraction of sp³-hybridized carbons (Fsp3) is 0.400. The van der Waals surface area contributed by atoms with Crippen LogP contribution in [0, 0.1) is 6.92 Å². The Bertz CT molecular complexity index is 819. The van der Waals surface area contributed by atoms with Crippen LogP contribution in [0.1, 0.15) is 23.3 Å². The summed E-state index contributed by atoms with van der Waals surface area (Å²) in [5.74, 6) is 0. The molecule has 2 aromatic rings. The van der Waals surface area contributed by atoms with Gasteiger partial charge in [-0.25, -0.2) is 4.79 Å². The smallest absolute Gasteiger partial charge is 0.323 e. The van der Waals surface area contributed by atoms with Crippen LogP contribution in [0.25, 0.3) is 5.69 Å². The zero-order valence-corrected chi connectivity index (χ0v) is 13.7. The number of pyridine rings is 1. The lowest BCUT2D eigenvalue weighted by atomic mass is 10.2. The van der Waals surface area contributed by atoms with E-state index in [0.29, 0.717) is 17.9 Å². The van der Waals surface area contributed by atoms with Crippen LogP contribution in [0.5, 0.6) is 0 Å². The molecule has 5 nitrogen and oxygen atoms in total. The minimum Gasteiger partial charge on any atom is -0.323 e. The number of urea groups is 1. The number of halogens is 3. The van der Waals surface area contributed by atoms with Crippen molar-refractivity contribution in [1.29, 1.82) is 0 Å². The van der Waals surface area contributed by atoms with Crippen molar-refractivity contribution in [3.8, 4) is 5.69 Å². The Kier molecular flexibility index (Phi) is 4.44. The Hall–Kier alpha value is -2.16. The standard InChI is InChI=1S/C15H15F3N4OS/c1-10-9-22(12-6-11(7-19-8-12)15(16,17)18)14(24-10)20-13(23)21-4-2-3-5-21/h6-9H,2-5H2,1H3/b20-14-. The summed E-state index contributed by atoms with van der Waals surface area (Å²) in [4.78, 5) is 22.8. The fourth-order valence-electron chi connectivity index (χ4n) is 2.49. The van der Waals surface area contributed by atoms with Gasteiger partial charge in [0.05, 0.1) is 17.4 Å². The van der Waals surface area contributed by atoms with Crippen LogP contribution >= 0.6 is 11.3 Å². The zero-order chi connectivity index (χ0) is 17.3. The molecule has 1 aliphatic rings. The highest BCUT2D eigenvalue weighted by molar-refractivity contribution is 7.09. The van der Waals surface area contributed by atoms with Gasteiger partial charge in [-0.05, 0) is 25.8 Å². The van der Waals surface area contributed by atoms with Gasteiger partial charge >= 0.3 is 12.2 Å². The van der Waals surface area contributed by atoms with Crippen LogP contribution in [-0.2, 0) is 6.18 Å². The molecule has 128 valence electrons. The first kappa shape index (κ1) is 16.7. The van der Waals surface area contributed by atoms with Crippen molar-refractivity contribution in [2.24, 2.45) is 4.99 Å². The second-order valence-corrected chi connectivity index (χ2v) is 6.73. The van der Waals surface area contributed by atoms with Crippen molar-refractivity contribution in [3.05, 3.63) is 39.9 Å². The third kappa shape index (κ3) is 3.50. The molecule has 3 heterocycles. The highest BCUT2D eigenvalue weighted by Crippen LogP contribution is 2.29. The lowest BCUT2D eigenvalue weighted by Crippen LogP contribution is -2.27. The number of carbonyl (C=O) groups is 1. The Morgan fingerprint density at radius 3 is 2.67 bits per heavy atom. The molecule has 1 fully saturated rings. The summed E-state index contributed by atoms with van der Waals surface area (Å²) in [7, 11) is 0. The van der Waals surface area contributed by atoms with E-state index in [0.717, 1.165) is 30.0 Å². The van der Waals surface area contributed by atoms with E-state index in [-0.39, 0.29) is 11.7 Å². The normalized spacial score (nSPS) is 16.0. The number of thiazole rings is 1. The molecule has 0 unspecified atom stereocenters. The average molecular weight is 356 g/mol. The van der Waals surface area contributed by atoms with Gasteiger partial charge in [-0.2, -0.15) is 18.2 Å². The first-order chi connectivity index (χ1) is 11.3. The van der Waals surface area contributed by atoms with Gasteiger partial charge in [0.15, 0.2) is 4.80 Å². The Morgan fingerprint density at radius 1 is 1.29 bits per heavy atom. The summed E-state index contributed by atoms with van der Waals surface area (Å²) in [6.07, 6.45) is 1.16. The van der Waals surface area contributed by atoms with Gasteiger partial charge in [0.1, 0.15) is 0 Å². The monoisotopic (exact) mass is 356 g/mol. The Balaban J connectivity index is 2.02. The van der Waals surface area contributed by atoms with Gasteiger partial charge in [-0.15, -0.1) is 11.3 Å². The number of likely N-dealkylation sites (tertiary alicyclic amines) is 1. The predicted molar refractivity (Wildman–Crippen MR) is 82.9 cm³/mol. The van der Waals surface area contributed by atoms with Gasteiger partial charge < -0.3 is 4.90 Å². The second-order valence-electron chi connectivity index (χ2n) is 5.51. The molecule has 2 aromatic heterocycles. The van der Waals surface area contributed by atoms with E-state index in [9.17, 15) is 18.0 Å². The van der Waals surface area contributed by atoms with Crippen molar-refractivity contribution >= 4 is 17.4 Å². The number of hydrogen-bond donors (Lipinski definition) is 0. The molecular formula is C15H15F3N4OS. The zero-order valence-electron chi connectivity index (χ0n) is 12.9. The summed E-state index contributed by atoms with van der Waals surface area (Å²) in [5.41, 5.74) is -0.615. The topological polar surface area (TPSA) is 50.5 Å². The maximum atomic E-state index is 12.9. The molecule has 1 aliphatic heterocycles. The van der Waals surface area contributed by atoms with Crippen LogP contribution in [0.4, 0.5) is 18.0 Å². The van der Waals surface area contributed by atoms with Crippen molar-refractivity contribution in [2.75, 3.05) is 13.1 Å². The molecule has 0 spiro atoms. The molecular weight excluding hydrogens is 341 g/mol. The van der Waals surface area contributed by atoms with E-state index in [1.165, 1.54) is 22.1 Å². The number of aryl methyl sites for hydroxylation is 1. The SMILES string of the molecule is Cc1cn(-c2cncc(C(F)(F)F)c2)/c(=N/C(=O)N2CCCC2)s1. The molecule has 0 aliphatic carbocycles. The quantitative estimate of drug-likeness (QED) is 0.787. The number of carbonyl (C=O) groups excluding carboxylic acids is 1. The van der Waals surface area contributed by atoms with Gasteiger partial charge in [-0.3, -0.25) is 9.55 Å². The average Bonchev–Trinajstić information content (AvgIpc) is 3.16. The number of amides is 2. The van der Waals surface area contributed by atoms with Gasteiger partial charge in [0.2, 0.25) is 0 Å². The molecule has 2 amide bonds. The minimum absolute atomic E-state index is 0.224. The molecule has 0 atom stereocenters. The summed E-state index contributed by atoms with van der Waals surface area (Å²) in [6.45, 7) is 3.14. The van der Waals surface area contributed by atoms with E-state index in [1.807, 2.05) is 6.92 Å². The summed E-state index contributed by atoms with van der Waals surface area (Å²) in [6, 6.07) is 0.640. The van der Waals surface area contributed by atoms with Crippen LogP contribution in [-0.4, -0.2) is 33.6 Å². The van der Waals surface area contributed by atoms with Crippen molar-refractivity contribution in [3.63, 3.8) is 0 Å². The number of nitrogens with zero attached hydrogens (tertiary/aromatic N) is 4. The Labute approximate surface area is 140 Å². The second kappa shape index (κ2) is 6.39. The van der Waals surface area contributed by atoms with Gasteiger partial charge in [0, 0.05) is 30.4 Å². The molecule has 0 aromatic carbocycles. The lowest BCUT2D eigenvalue weighted by Gasteiger charge is -2.11. The van der Waals surface area contributed by atoms with Crippen LogP contribution in [0.2, 0.25) is 0 Å². The number of alkyl halides is 3. The van der Waals surface area contributed by atoms with E-state index < -0.39 is 11.7 Å². The summed E-state index contributed by atoms with van der Waals surface area (Å²) >= 11 is 1.25. The molecule has 3 rings (SSSR count). The van der Waals surface area contributed by atoms with Crippen molar-refractivity contribution in [2.45, 2.75) is 25.9 Å². The van der Waals surface area contributed by atoms with E-state index in [1.54, 1.807) is 11.1 Å². The summed E-state index contributed by atoms with van der Waals surface area (Å²) in [5, 5.41) is 0. The van der Waals surface area contributed by atoms with E-state index in [2.05, 4.69) is 9.98 Å². The van der Waals surface area contributed by atoms with Gasteiger partial charge in [-0.1, -0.05) is 0 Å². The molecule has 24 heavy (non-hydrogen) atoms. The number of aromatic nitrogens is 2. The fourth-order valence-corrected chi connectivity index (χ4v) is 3.32. The van der Waals surface area contributed by atoms with E-state index >= 15 is 0 Å². The van der Waals surface area contributed by atoms with Gasteiger partial charge in [0.25, 0.3) is 0 Å². The highest BCUT2D eigenvalue weighted by Gasteiger charge is 2.31. The summed E-state index contributed by atoms with van der Waals surface area (Å²) < 4.78 is 40.1. The predicted octanol–water partition coefficient (Wildman–Crippen LogP) is 3.38. The van der Waals surface area contributed by atoms with Crippen molar-refractivity contribution < 1.29 is 18.0 Å². The molecule has 0 saturated carbocycles. The minimum atomic E-state index is -4.47. The third-order valence-corrected chi connectivity index (χ3v) is 4.56.